The Bertz CT molecular complexity index is 934. The molecule has 0 amide bonds. The van der Waals surface area contributed by atoms with Crippen molar-refractivity contribution >= 4 is 22.8 Å². The fourth-order valence-corrected chi connectivity index (χ4v) is 3.36. The average Bonchev–Trinajstić information content (AvgIpc) is 3.08. The van der Waals surface area contributed by atoms with Crippen molar-refractivity contribution in [3.63, 3.8) is 0 Å². The van der Waals surface area contributed by atoms with E-state index in [0.29, 0.717) is 23.4 Å². The molecule has 1 aliphatic carbocycles. The molecular formula is C19H21N7. The lowest BCUT2D eigenvalue weighted by Gasteiger charge is -2.27. The van der Waals surface area contributed by atoms with E-state index in [1.165, 1.54) is 0 Å². The Labute approximate surface area is 151 Å². The van der Waals surface area contributed by atoms with Crippen molar-refractivity contribution in [2.45, 2.75) is 37.8 Å². The first-order valence-electron chi connectivity index (χ1n) is 8.86. The molecular weight excluding hydrogens is 326 g/mol. The minimum Gasteiger partial charge on any atom is -0.366 e. The van der Waals surface area contributed by atoms with Gasteiger partial charge in [0.25, 0.3) is 0 Å². The third kappa shape index (κ3) is 3.32. The molecule has 26 heavy (non-hydrogen) atoms. The van der Waals surface area contributed by atoms with Crippen LogP contribution in [0.2, 0.25) is 0 Å². The van der Waals surface area contributed by atoms with Crippen LogP contribution in [0.3, 0.4) is 0 Å². The standard InChI is InChI=1S/C19H21N7/c20-11-16-12-22-19-17(23-14-4-2-1-3-5-14)10-18(25-26(16)19)24-15-8-6-13(21)7-9-15/h1-5,10,12-13,15,23H,6-9,21H2,(H,24,25)/t13-,15-. The van der Waals surface area contributed by atoms with Gasteiger partial charge in [-0.2, -0.15) is 9.78 Å². The lowest BCUT2D eigenvalue weighted by Crippen LogP contribution is -2.33. The lowest BCUT2D eigenvalue weighted by molar-refractivity contribution is 0.410. The number of imidazole rings is 1. The highest BCUT2D eigenvalue weighted by Gasteiger charge is 2.20. The summed E-state index contributed by atoms with van der Waals surface area (Å²) in [7, 11) is 0. The van der Waals surface area contributed by atoms with Gasteiger partial charge in [0.1, 0.15) is 11.9 Å². The zero-order chi connectivity index (χ0) is 17.9. The van der Waals surface area contributed by atoms with Gasteiger partial charge in [-0.3, -0.25) is 0 Å². The number of hydrogen-bond donors (Lipinski definition) is 3. The van der Waals surface area contributed by atoms with Crippen LogP contribution in [0.25, 0.3) is 5.65 Å². The maximum atomic E-state index is 9.34. The number of aromatic nitrogens is 3. The summed E-state index contributed by atoms with van der Waals surface area (Å²) in [5, 5.41) is 20.8. The van der Waals surface area contributed by atoms with Crippen molar-refractivity contribution in [1.82, 2.24) is 14.6 Å². The summed E-state index contributed by atoms with van der Waals surface area (Å²) in [5.41, 5.74) is 8.79. The van der Waals surface area contributed by atoms with Crippen LogP contribution in [0.15, 0.2) is 42.6 Å². The third-order valence-corrected chi connectivity index (χ3v) is 4.76. The monoisotopic (exact) mass is 347 g/mol. The molecule has 0 spiro atoms. The van der Waals surface area contributed by atoms with E-state index in [2.05, 4.69) is 26.8 Å². The number of fused-ring (bicyclic) bond motifs is 1. The Morgan fingerprint density at radius 3 is 2.65 bits per heavy atom. The third-order valence-electron chi connectivity index (χ3n) is 4.76. The van der Waals surface area contributed by atoms with Crippen LogP contribution in [0.4, 0.5) is 17.2 Å². The molecule has 4 N–H and O–H groups in total. The van der Waals surface area contributed by atoms with Crippen LogP contribution in [0.1, 0.15) is 31.4 Å². The molecule has 0 aliphatic heterocycles. The largest absolute Gasteiger partial charge is 0.366 e. The molecule has 2 heterocycles. The Balaban J connectivity index is 1.68. The normalized spacial score (nSPS) is 19.8. The molecule has 1 saturated carbocycles. The van der Waals surface area contributed by atoms with E-state index in [9.17, 15) is 5.26 Å². The molecule has 7 nitrogen and oxygen atoms in total. The number of hydrogen-bond acceptors (Lipinski definition) is 6. The van der Waals surface area contributed by atoms with E-state index in [-0.39, 0.29) is 0 Å². The van der Waals surface area contributed by atoms with Crippen LogP contribution in [-0.2, 0) is 0 Å². The van der Waals surface area contributed by atoms with Gasteiger partial charge in [-0.05, 0) is 37.8 Å². The van der Waals surface area contributed by atoms with Gasteiger partial charge in [0, 0.05) is 23.8 Å². The zero-order valence-corrected chi connectivity index (χ0v) is 14.4. The van der Waals surface area contributed by atoms with Gasteiger partial charge in [0.05, 0.1) is 11.9 Å². The smallest absolute Gasteiger partial charge is 0.178 e. The van der Waals surface area contributed by atoms with Crippen molar-refractivity contribution in [2.24, 2.45) is 5.73 Å². The number of para-hydroxylation sites is 1. The highest BCUT2D eigenvalue weighted by atomic mass is 15.3. The van der Waals surface area contributed by atoms with Gasteiger partial charge in [0.2, 0.25) is 0 Å². The summed E-state index contributed by atoms with van der Waals surface area (Å²) in [6.07, 6.45) is 5.63. The average molecular weight is 347 g/mol. The second kappa shape index (κ2) is 7.02. The Morgan fingerprint density at radius 1 is 1.15 bits per heavy atom. The van der Waals surface area contributed by atoms with Gasteiger partial charge in [-0.1, -0.05) is 18.2 Å². The lowest BCUT2D eigenvalue weighted by atomic mass is 9.92. The van der Waals surface area contributed by atoms with Crippen LogP contribution in [0, 0.1) is 11.3 Å². The molecule has 1 fully saturated rings. The van der Waals surface area contributed by atoms with Gasteiger partial charge >= 0.3 is 0 Å². The molecule has 7 heteroatoms. The maximum absolute atomic E-state index is 9.34. The molecule has 1 aromatic carbocycles. The fraction of sp³-hybridized carbons (Fsp3) is 0.316. The summed E-state index contributed by atoms with van der Waals surface area (Å²) >= 11 is 0. The molecule has 1 aliphatic rings. The predicted octanol–water partition coefficient (Wildman–Crippen LogP) is 3.03. The number of rotatable bonds is 4. The summed E-state index contributed by atoms with van der Waals surface area (Å²) in [4.78, 5) is 4.35. The Morgan fingerprint density at radius 2 is 1.92 bits per heavy atom. The number of nitriles is 1. The van der Waals surface area contributed by atoms with E-state index in [4.69, 9.17) is 5.73 Å². The van der Waals surface area contributed by atoms with E-state index >= 15 is 0 Å². The number of nitrogens with one attached hydrogen (secondary N) is 2. The highest BCUT2D eigenvalue weighted by molar-refractivity contribution is 5.76. The van der Waals surface area contributed by atoms with Crippen LogP contribution in [-0.4, -0.2) is 26.7 Å². The first kappa shape index (κ1) is 16.4. The molecule has 132 valence electrons. The molecule has 4 rings (SSSR count). The van der Waals surface area contributed by atoms with Crippen molar-refractivity contribution in [1.29, 1.82) is 5.26 Å². The van der Waals surface area contributed by atoms with Gasteiger partial charge in [-0.25, -0.2) is 4.98 Å². The Kier molecular flexibility index (Phi) is 4.42. The van der Waals surface area contributed by atoms with Gasteiger partial charge < -0.3 is 16.4 Å². The first-order chi connectivity index (χ1) is 12.7. The summed E-state index contributed by atoms with van der Waals surface area (Å²) in [6, 6.07) is 14.6. The quantitative estimate of drug-likeness (QED) is 0.670. The number of anilines is 3. The molecule has 0 radical (unpaired) electrons. The van der Waals surface area contributed by atoms with E-state index in [0.717, 1.165) is 42.9 Å². The van der Waals surface area contributed by atoms with E-state index in [1.54, 1.807) is 10.7 Å². The van der Waals surface area contributed by atoms with Crippen molar-refractivity contribution in [3.05, 3.63) is 48.3 Å². The molecule has 3 aromatic rings. The van der Waals surface area contributed by atoms with Gasteiger partial charge in [0.15, 0.2) is 11.3 Å². The second-order valence-corrected chi connectivity index (χ2v) is 6.68. The molecule has 0 atom stereocenters. The predicted molar refractivity (Wildman–Crippen MR) is 101 cm³/mol. The molecule has 0 unspecified atom stereocenters. The number of nitrogens with two attached hydrogens (primary N) is 1. The topological polar surface area (TPSA) is 104 Å². The van der Waals surface area contributed by atoms with Crippen molar-refractivity contribution < 1.29 is 0 Å². The summed E-state index contributed by atoms with van der Waals surface area (Å²) in [5.74, 6) is 0.728. The molecule has 2 aromatic heterocycles. The summed E-state index contributed by atoms with van der Waals surface area (Å²) < 4.78 is 1.59. The van der Waals surface area contributed by atoms with Crippen LogP contribution >= 0.6 is 0 Å². The summed E-state index contributed by atoms with van der Waals surface area (Å²) in [6.45, 7) is 0. The second-order valence-electron chi connectivity index (χ2n) is 6.68. The van der Waals surface area contributed by atoms with Crippen molar-refractivity contribution in [2.75, 3.05) is 10.6 Å². The van der Waals surface area contributed by atoms with Crippen molar-refractivity contribution in [3.8, 4) is 6.07 Å². The minimum atomic E-state index is 0.303. The fourth-order valence-electron chi connectivity index (χ4n) is 3.36. The van der Waals surface area contributed by atoms with Crippen LogP contribution in [0.5, 0.6) is 0 Å². The Hall–Kier alpha value is -3.11. The molecule has 0 bridgehead atoms. The molecule has 0 saturated heterocycles. The zero-order valence-electron chi connectivity index (χ0n) is 14.4. The minimum absolute atomic E-state index is 0.303. The maximum Gasteiger partial charge on any atom is 0.178 e. The van der Waals surface area contributed by atoms with Crippen LogP contribution < -0.4 is 16.4 Å². The first-order valence-corrected chi connectivity index (χ1v) is 8.86. The highest BCUT2D eigenvalue weighted by Crippen LogP contribution is 2.26. The van der Waals surface area contributed by atoms with E-state index in [1.807, 2.05) is 36.4 Å². The van der Waals surface area contributed by atoms with E-state index < -0.39 is 0 Å². The SMILES string of the molecule is N#Cc1cnc2c(Nc3ccccc3)cc(N[C@H]3CC[C@H](N)CC3)nn12. The number of benzene rings is 1. The van der Waals surface area contributed by atoms with Gasteiger partial charge in [-0.15, -0.1) is 5.10 Å². The number of nitrogens with zero attached hydrogens (tertiary/aromatic N) is 4.